The van der Waals surface area contributed by atoms with Crippen molar-refractivity contribution in [3.05, 3.63) is 66.7 Å². The molecule has 2 aromatic heterocycles. The Labute approximate surface area is 144 Å². The first-order chi connectivity index (χ1) is 12.1. The van der Waals surface area contributed by atoms with Crippen molar-refractivity contribution in [2.75, 3.05) is 5.32 Å². The van der Waals surface area contributed by atoms with Gasteiger partial charge in [0.25, 0.3) is 0 Å². The molecule has 128 valence electrons. The molecule has 0 bridgehead atoms. The summed E-state index contributed by atoms with van der Waals surface area (Å²) in [6.45, 7) is 1.73. The van der Waals surface area contributed by atoms with Gasteiger partial charge in [0.15, 0.2) is 0 Å². The third-order valence-electron chi connectivity index (χ3n) is 3.57. The zero-order valence-corrected chi connectivity index (χ0v) is 13.6. The highest BCUT2D eigenvalue weighted by atomic mass is 16.3. The van der Waals surface area contributed by atoms with Crippen LogP contribution in [0.25, 0.3) is 5.95 Å². The molecule has 2 heterocycles. The predicted molar refractivity (Wildman–Crippen MR) is 92.2 cm³/mol. The van der Waals surface area contributed by atoms with Crippen molar-refractivity contribution in [3.8, 4) is 5.95 Å². The van der Waals surface area contributed by atoms with Gasteiger partial charge >= 0.3 is 6.03 Å². The number of amides is 2. The SMILES string of the molecule is CC(NC(=O)Nc1cnn(-c2ncccn2)c1)C(O)c1ccccc1. The topological polar surface area (TPSA) is 105 Å². The average Bonchev–Trinajstić information content (AvgIpc) is 3.10. The van der Waals surface area contributed by atoms with Crippen molar-refractivity contribution < 1.29 is 9.90 Å². The highest BCUT2D eigenvalue weighted by Crippen LogP contribution is 2.16. The molecule has 2 atom stereocenters. The molecule has 3 rings (SSSR count). The van der Waals surface area contributed by atoms with Crippen LogP contribution in [-0.4, -0.2) is 36.9 Å². The number of nitrogens with one attached hydrogen (secondary N) is 2. The number of hydrogen-bond acceptors (Lipinski definition) is 5. The molecule has 1 aromatic carbocycles. The van der Waals surface area contributed by atoms with Crippen LogP contribution in [0.5, 0.6) is 0 Å². The Morgan fingerprint density at radius 1 is 1.16 bits per heavy atom. The van der Waals surface area contributed by atoms with Gasteiger partial charge in [0.05, 0.1) is 30.2 Å². The van der Waals surface area contributed by atoms with Gasteiger partial charge in [0, 0.05) is 12.4 Å². The number of anilines is 1. The van der Waals surface area contributed by atoms with Gasteiger partial charge in [0.2, 0.25) is 5.95 Å². The lowest BCUT2D eigenvalue weighted by molar-refractivity contribution is 0.139. The molecule has 0 aliphatic rings. The Balaban J connectivity index is 1.58. The fourth-order valence-corrected chi connectivity index (χ4v) is 2.30. The molecule has 0 aliphatic heterocycles. The van der Waals surface area contributed by atoms with Crippen molar-refractivity contribution in [2.24, 2.45) is 0 Å². The maximum absolute atomic E-state index is 12.1. The Morgan fingerprint density at radius 2 is 1.88 bits per heavy atom. The van der Waals surface area contributed by atoms with Crippen molar-refractivity contribution in [1.29, 1.82) is 0 Å². The summed E-state index contributed by atoms with van der Waals surface area (Å²) in [7, 11) is 0. The summed E-state index contributed by atoms with van der Waals surface area (Å²) in [4.78, 5) is 20.3. The van der Waals surface area contributed by atoms with Crippen LogP contribution in [0.1, 0.15) is 18.6 Å². The van der Waals surface area contributed by atoms with Crippen LogP contribution in [-0.2, 0) is 0 Å². The number of aromatic nitrogens is 4. The van der Waals surface area contributed by atoms with Crippen LogP contribution in [0, 0.1) is 0 Å². The summed E-state index contributed by atoms with van der Waals surface area (Å²) >= 11 is 0. The lowest BCUT2D eigenvalue weighted by atomic mass is 10.0. The smallest absolute Gasteiger partial charge is 0.319 e. The molecular formula is C17H18N6O2. The molecular weight excluding hydrogens is 320 g/mol. The fourth-order valence-electron chi connectivity index (χ4n) is 2.30. The highest BCUT2D eigenvalue weighted by Gasteiger charge is 2.18. The van der Waals surface area contributed by atoms with E-state index >= 15 is 0 Å². The number of benzene rings is 1. The van der Waals surface area contributed by atoms with E-state index in [-0.39, 0.29) is 0 Å². The Kier molecular flexibility index (Phi) is 5.00. The van der Waals surface area contributed by atoms with E-state index in [0.717, 1.165) is 5.56 Å². The summed E-state index contributed by atoms with van der Waals surface area (Å²) in [5.41, 5.74) is 1.23. The van der Waals surface area contributed by atoms with E-state index in [2.05, 4.69) is 25.7 Å². The Morgan fingerprint density at radius 3 is 2.60 bits per heavy atom. The number of aliphatic hydroxyl groups excluding tert-OH is 1. The molecule has 0 spiro atoms. The average molecular weight is 338 g/mol. The van der Waals surface area contributed by atoms with Crippen molar-refractivity contribution in [3.63, 3.8) is 0 Å². The molecule has 2 unspecified atom stereocenters. The third-order valence-corrected chi connectivity index (χ3v) is 3.57. The lowest BCUT2D eigenvalue weighted by Gasteiger charge is -2.20. The van der Waals surface area contributed by atoms with Gasteiger partial charge in [-0.3, -0.25) is 0 Å². The molecule has 0 fully saturated rings. The van der Waals surface area contributed by atoms with Crippen LogP contribution in [0.15, 0.2) is 61.2 Å². The number of carbonyl (C=O) groups excluding carboxylic acids is 1. The van der Waals surface area contributed by atoms with Gasteiger partial charge in [-0.05, 0) is 18.6 Å². The molecule has 8 heteroatoms. The second-order valence-corrected chi connectivity index (χ2v) is 5.47. The molecule has 3 aromatic rings. The number of aliphatic hydroxyl groups is 1. The van der Waals surface area contributed by atoms with E-state index in [0.29, 0.717) is 11.6 Å². The van der Waals surface area contributed by atoms with E-state index in [4.69, 9.17) is 0 Å². The minimum absolute atomic E-state index is 0.406. The zero-order chi connectivity index (χ0) is 17.6. The molecule has 8 nitrogen and oxygen atoms in total. The number of urea groups is 1. The quantitative estimate of drug-likeness (QED) is 0.659. The summed E-state index contributed by atoms with van der Waals surface area (Å²) in [5, 5.41) is 19.8. The standard InChI is InChI=1S/C17H18N6O2/c1-12(15(24)13-6-3-2-4-7-13)21-17(25)22-14-10-20-23(11-14)16-18-8-5-9-19-16/h2-12,15,24H,1H3,(H2,21,22,25). The number of nitrogens with zero attached hydrogens (tertiary/aromatic N) is 4. The van der Waals surface area contributed by atoms with E-state index in [1.54, 1.807) is 31.6 Å². The van der Waals surface area contributed by atoms with Gasteiger partial charge < -0.3 is 15.7 Å². The molecule has 3 N–H and O–H groups in total. The normalized spacial score (nSPS) is 13.0. The van der Waals surface area contributed by atoms with Crippen molar-refractivity contribution >= 4 is 11.7 Å². The molecule has 25 heavy (non-hydrogen) atoms. The largest absolute Gasteiger partial charge is 0.386 e. The van der Waals surface area contributed by atoms with E-state index < -0.39 is 18.2 Å². The minimum Gasteiger partial charge on any atom is -0.386 e. The van der Waals surface area contributed by atoms with Gasteiger partial charge in [-0.25, -0.2) is 19.4 Å². The monoisotopic (exact) mass is 338 g/mol. The fraction of sp³-hybridized carbons (Fsp3) is 0.176. The van der Waals surface area contributed by atoms with Crippen molar-refractivity contribution in [2.45, 2.75) is 19.1 Å². The summed E-state index contributed by atoms with van der Waals surface area (Å²) in [6, 6.07) is 9.98. The maximum atomic E-state index is 12.1. The lowest BCUT2D eigenvalue weighted by Crippen LogP contribution is -2.39. The summed E-state index contributed by atoms with van der Waals surface area (Å²) < 4.78 is 1.46. The Hall–Kier alpha value is -3.26. The van der Waals surface area contributed by atoms with Gasteiger partial charge in [-0.2, -0.15) is 5.10 Å². The van der Waals surface area contributed by atoms with Crippen LogP contribution in [0.3, 0.4) is 0 Å². The van der Waals surface area contributed by atoms with Crippen molar-refractivity contribution in [1.82, 2.24) is 25.1 Å². The van der Waals surface area contributed by atoms with Crippen LogP contribution in [0.2, 0.25) is 0 Å². The predicted octanol–water partition coefficient (Wildman–Crippen LogP) is 1.91. The number of rotatable bonds is 5. The van der Waals surface area contributed by atoms with Gasteiger partial charge in [0.1, 0.15) is 0 Å². The summed E-state index contributed by atoms with van der Waals surface area (Å²) in [6.07, 6.45) is 5.52. The van der Waals surface area contributed by atoms with Crippen LogP contribution in [0.4, 0.5) is 10.5 Å². The highest BCUT2D eigenvalue weighted by molar-refractivity contribution is 5.89. The van der Waals surface area contributed by atoms with Crippen LogP contribution >= 0.6 is 0 Å². The van der Waals surface area contributed by atoms with E-state index in [1.807, 2.05) is 30.3 Å². The second kappa shape index (κ2) is 7.54. The van der Waals surface area contributed by atoms with E-state index in [9.17, 15) is 9.90 Å². The van der Waals surface area contributed by atoms with E-state index in [1.165, 1.54) is 10.9 Å². The first-order valence-corrected chi connectivity index (χ1v) is 7.76. The van der Waals surface area contributed by atoms with Gasteiger partial charge in [-0.1, -0.05) is 30.3 Å². The number of hydrogen-bond donors (Lipinski definition) is 3. The molecule has 0 saturated carbocycles. The van der Waals surface area contributed by atoms with Crippen LogP contribution < -0.4 is 10.6 Å². The van der Waals surface area contributed by atoms with Gasteiger partial charge in [-0.15, -0.1) is 0 Å². The molecule has 2 amide bonds. The molecule has 0 aliphatic carbocycles. The molecule has 0 radical (unpaired) electrons. The first-order valence-electron chi connectivity index (χ1n) is 7.76. The third kappa shape index (κ3) is 4.18. The minimum atomic E-state index is -0.799. The summed E-state index contributed by atoms with van der Waals surface area (Å²) in [5.74, 6) is 0.406. The maximum Gasteiger partial charge on any atom is 0.319 e. The second-order valence-electron chi connectivity index (χ2n) is 5.47. The molecule has 0 saturated heterocycles. The number of carbonyl (C=O) groups is 1. The first kappa shape index (κ1) is 16.6. The zero-order valence-electron chi connectivity index (χ0n) is 13.6. The Bertz CT molecular complexity index is 821.